The molecule has 0 spiro atoms. The van der Waals surface area contributed by atoms with Gasteiger partial charge in [-0.05, 0) is 61.2 Å². The van der Waals surface area contributed by atoms with E-state index in [1.807, 2.05) is 11.3 Å². The molecule has 0 aliphatic heterocycles. The topological polar surface area (TPSA) is 38.0 Å². The van der Waals surface area contributed by atoms with Crippen LogP contribution < -0.4 is 11.3 Å². The summed E-state index contributed by atoms with van der Waals surface area (Å²) in [5.41, 5.74) is 6.90. The first-order valence-corrected chi connectivity index (χ1v) is 7.64. The molecule has 2 rings (SSSR count). The van der Waals surface area contributed by atoms with Crippen molar-refractivity contribution in [2.24, 2.45) is 5.84 Å². The SMILES string of the molecule is Cc1ccc(C(CCCc2cccs2)NN)cc1C. The maximum atomic E-state index is 5.70. The lowest BCUT2D eigenvalue weighted by Gasteiger charge is -2.17. The smallest absolute Gasteiger partial charge is 0.0460 e. The highest BCUT2D eigenvalue weighted by Crippen LogP contribution is 2.22. The zero-order valence-corrected chi connectivity index (χ0v) is 12.5. The molecule has 19 heavy (non-hydrogen) atoms. The van der Waals surface area contributed by atoms with Crippen molar-refractivity contribution in [3.63, 3.8) is 0 Å². The number of thiophene rings is 1. The summed E-state index contributed by atoms with van der Waals surface area (Å²) in [5, 5.41) is 2.14. The zero-order chi connectivity index (χ0) is 13.7. The van der Waals surface area contributed by atoms with Gasteiger partial charge >= 0.3 is 0 Å². The largest absolute Gasteiger partial charge is 0.271 e. The zero-order valence-electron chi connectivity index (χ0n) is 11.6. The fourth-order valence-electron chi connectivity index (χ4n) is 2.26. The molecule has 0 fully saturated rings. The number of nitrogens with two attached hydrogens (primary N) is 1. The minimum Gasteiger partial charge on any atom is -0.271 e. The van der Waals surface area contributed by atoms with E-state index in [1.54, 1.807) is 0 Å². The van der Waals surface area contributed by atoms with Crippen molar-refractivity contribution in [2.45, 2.75) is 39.2 Å². The molecule has 2 nitrogen and oxygen atoms in total. The second kappa shape index (κ2) is 6.85. The van der Waals surface area contributed by atoms with Crippen molar-refractivity contribution in [1.82, 2.24) is 5.43 Å². The standard InChI is InChI=1S/C16H22N2S/c1-12-8-9-14(11-13(12)2)16(18-17)7-3-5-15-6-4-10-19-15/h4,6,8-11,16,18H,3,5,7,17H2,1-2H3. The molecule has 1 aromatic carbocycles. The molecule has 1 aromatic heterocycles. The van der Waals surface area contributed by atoms with Gasteiger partial charge in [0.1, 0.15) is 0 Å². The van der Waals surface area contributed by atoms with Crippen molar-refractivity contribution < 1.29 is 0 Å². The third-order valence-electron chi connectivity index (χ3n) is 3.63. The minimum atomic E-state index is 0.249. The van der Waals surface area contributed by atoms with Gasteiger partial charge in [-0.3, -0.25) is 11.3 Å². The second-order valence-corrected chi connectivity index (χ2v) is 6.07. The average molecular weight is 274 g/mol. The summed E-state index contributed by atoms with van der Waals surface area (Å²) >= 11 is 1.83. The average Bonchev–Trinajstić information content (AvgIpc) is 2.91. The molecule has 0 saturated heterocycles. The predicted octanol–water partition coefficient (Wildman–Crippen LogP) is 3.89. The number of hydrogen-bond donors (Lipinski definition) is 2. The van der Waals surface area contributed by atoms with Crippen LogP contribution in [0.4, 0.5) is 0 Å². The number of rotatable bonds is 6. The van der Waals surface area contributed by atoms with Crippen LogP contribution in [0.2, 0.25) is 0 Å². The van der Waals surface area contributed by atoms with Crippen LogP contribution in [0.15, 0.2) is 35.7 Å². The van der Waals surface area contributed by atoms with Crippen LogP contribution >= 0.6 is 11.3 Å². The molecule has 2 aromatic rings. The minimum absolute atomic E-state index is 0.249. The number of hydrogen-bond acceptors (Lipinski definition) is 3. The van der Waals surface area contributed by atoms with Crippen LogP contribution in [0.5, 0.6) is 0 Å². The van der Waals surface area contributed by atoms with Gasteiger partial charge in [0, 0.05) is 10.9 Å². The van der Waals surface area contributed by atoms with Gasteiger partial charge in [0.05, 0.1) is 0 Å². The highest BCUT2D eigenvalue weighted by molar-refractivity contribution is 7.09. The number of aryl methyl sites for hydroxylation is 3. The van der Waals surface area contributed by atoms with E-state index in [2.05, 4.69) is 55.0 Å². The van der Waals surface area contributed by atoms with Crippen LogP contribution in [-0.2, 0) is 6.42 Å². The van der Waals surface area contributed by atoms with Gasteiger partial charge in [0.2, 0.25) is 0 Å². The van der Waals surface area contributed by atoms with Gasteiger partial charge in [-0.25, -0.2) is 0 Å². The summed E-state index contributed by atoms with van der Waals surface area (Å²) in [6.45, 7) is 4.29. The molecular weight excluding hydrogens is 252 g/mol. The Hall–Kier alpha value is -1.16. The molecule has 0 amide bonds. The first kappa shape index (κ1) is 14.3. The molecule has 102 valence electrons. The van der Waals surface area contributed by atoms with Crippen LogP contribution in [-0.4, -0.2) is 0 Å². The highest BCUT2D eigenvalue weighted by atomic mass is 32.1. The Morgan fingerprint density at radius 1 is 1.21 bits per heavy atom. The first-order chi connectivity index (χ1) is 9.20. The van der Waals surface area contributed by atoms with Crippen LogP contribution in [0.25, 0.3) is 0 Å². The van der Waals surface area contributed by atoms with Crippen molar-refractivity contribution in [3.8, 4) is 0 Å². The molecule has 3 N–H and O–H groups in total. The van der Waals surface area contributed by atoms with Crippen LogP contribution in [0.1, 0.15) is 40.5 Å². The Morgan fingerprint density at radius 3 is 2.68 bits per heavy atom. The predicted molar refractivity (Wildman–Crippen MR) is 83.2 cm³/mol. The highest BCUT2D eigenvalue weighted by Gasteiger charge is 2.10. The van der Waals surface area contributed by atoms with E-state index >= 15 is 0 Å². The lowest BCUT2D eigenvalue weighted by Crippen LogP contribution is -2.28. The Morgan fingerprint density at radius 2 is 2.05 bits per heavy atom. The first-order valence-electron chi connectivity index (χ1n) is 6.76. The van der Waals surface area contributed by atoms with E-state index in [0.717, 1.165) is 19.3 Å². The summed E-state index contributed by atoms with van der Waals surface area (Å²) in [5.74, 6) is 5.70. The number of hydrazine groups is 1. The maximum absolute atomic E-state index is 5.70. The second-order valence-electron chi connectivity index (χ2n) is 5.03. The molecule has 0 saturated carbocycles. The summed E-state index contributed by atoms with van der Waals surface area (Å²) < 4.78 is 0. The van der Waals surface area contributed by atoms with E-state index in [0.29, 0.717) is 0 Å². The van der Waals surface area contributed by atoms with Crippen molar-refractivity contribution in [2.75, 3.05) is 0 Å². The van der Waals surface area contributed by atoms with Gasteiger partial charge in [-0.1, -0.05) is 24.3 Å². The maximum Gasteiger partial charge on any atom is 0.0460 e. The molecule has 1 heterocycles. The van der Waals surface area contributed by atoms with E-state index in [1.165, 1.54) is 21.6 Å². The van der Waals surface area contributed by atoms with Gasteiger partial charge in [-0.15, -0.1) is 11.3 Å². The summed E-state index contributed by atoms with van der Waals surface area (Å²) in [4.78, 5) is 1.45. The summed E-state index contributed by atoms with van der Waals surface area (Å²) in [7, 11) is 0. The van der Waals surface area contributed by atoms with Crippen molar-refractivity contribution >= 4 is 11.3 Å². The Balaban J connectivity index is 1.93. The van der Waals surface area contributed by atoms with Crippen molar-refractivity contribution in [3.05, 3.63) is 57.3 Å². The van der Waals surface area contributed by atoms with E-state index in [-0.39, 0.29) is 6.04 Å². The molecule has 0 aliphatic rings. The van der Waals surface area contributed by atoms with E-state index < -0.39 is 0 Å². The third-order valence-corrected chi connectivity index (χ3v) is 4.57. The molecule has 1 atom stereocenters. The lowest BCUT2D eigenvalue weighted by atomic mass is 9.97. The van der Waals surface area contributed by atoms with E-state index in [4.69, 9.17) is 5.84 Å². The number of benzene rings is 1. The third kappa shape index (κ3) is 3.90. The molecule has 0 bridgehead atoms. The number of nitrogens with one attached hydrogen (secondary N) is 1. The normalized spacial score (nSPS) is 12.6. The molecule has 3 heteroatoms. The Kier molecular flexibility index (Phi) is 5.14. The van der Waals surface area contributed by atoms with Gasteiger partial charge in [-0.2, -0.15) is 0 Å². The van der Waals surface area contributed by atoms with Crippen LogP contribution in [0, 0.1) is 13.8 Å². The van der Waals surface area contributed by atoms with E-state index in [9.17, 15) is 0 Å². The molecule has 1 unspecified atom stereocenters. The molecule has 0 aliphatic carbocycles. The fourth-order valence-corrected chi connectivity index (χ4v) is 3.01. The monoisotopic (exact) mass is 274 g/mol. The fraction of sp³-hybridized carbons (Fsp3) is 0.375. The van der Waals surface area contributed by atoms with Gasteiger partial charge in [0.25, 0.3) is 0 Å². The van der Waals surface area contributed by atoms with Crippen molar-refractivity contribution in [1.29, 1.82) is 0 Å². The van der Waals surface area contributed by atoms with Gasteiger partial charge in [0.15, 0.2) is 0 Å². The molecular formula is C16H22N2S. The Labute approximate surface area is 119 Å². The molecule has 0 radical (unpaired) electrons. The quantitative estimate of drug-likeness (QED) is 0.619. The lowest BCUT2D eigenvalue weighted by molar-refractivity contribution is 0.499. The van der Waals surface area contributed by atoms with Gasteiger partial charge < -0.3 is 0 Å². The Bertz CT molecular complexity index is 505. The summed E-state index contributed by atoms with van der Waals surface area (Å²) in [6, 6.07) is 11.2. The van der Waals surface area contributed by atoms with Crippen LogP contribution in [0.3, 0.4) is 0 Å². The summed E-state index contributed by atoms with van der Waals surface area (Å²) in [6.07, 6.45) is 3.36.